The van der Waals surface area contributed by atoms with E-state index < -0.39 is 17.8 Å². The molecule has 40 heavy (non-hydrogen) atoms. The van der Waals surface area contributed by atoms with E-state index in [4.69, 9.17) is 5.73 Å². The molecule has 2 aliphatic heterocycles. The number of nitrogens with one attached hydrogen (secondary N) is 2. The van der Waals surface area contributed by atoms with Crippen molar-refractivity contribution in [2.24, 2.45) is 4.99 Å². The Morgan fingerprint density at radius 2 is 1.65 bits per heavy atom. The number of anilines is 2. The molecule has 8 nitrogen and oxygen atoms in total. The number of hydrogen-bond acceptors (Lipinski definition) is 6. The molecule has 2 aliphatic rings. The Hall–Kier alpha value is -4.22. The van der Waals surface area contributed by atoms with Gasteiger partial charge in [-0.15, -0.1) is 0 Å². The van der Waals surface area contributed by atoms with E-state index in [1.165, 1.54) is 12.1 Å². The minimum absolute atomic E-state index is 0.0579. The summed E-state index contributed by atoms with van der Waals surface area (Å²) in [5.41, 5.74) is 8.93. The average Bonchev–Trinajstić information content (AvgIpc) is 3.39. The number of hydrogen-bond donors (Lipinski definition) is 3. The number of halogens is 3. The maximum absolute atomic E-state index is 13.9. The molecule has 2 aromatic carbocycles. The zero-order valence-electron chi connectivity index (χ0n) is 22.0. The fraction of sp³-hybridized carbons (Fsp3) is 0.276. The summed E-state index contributed by atoms with van der Waals surface area (Å²) >= 11 is 0. The lowest BCUT2D eigenvalue weighted by Crippen LogP contribution is -2.44. The van der Waals surface area contributed by atoms with Gasteiger partial charge in [-0.2, -0.15) is 13.2 Å². The van der Waals surface area contributed by atoms with Gasteiger partial charge in [0.15, 0.2) is 0 Å². The minimum Gasteiger partial charge on any atom is -0.384 e. The second-order valence-corrected chi connectivity index (χ2v) is 9.95. The first-order valence-corrected chi connectivity index (χ1v) is 12.9. The van der Waals surface area contributed by atoms with Crippen LogP contribution in [0.3, 0.4) is 0 Å². The number of aromatic nitrogens is 1. The van der Waals surface area contributed by atoms with Gasteiger partial charge >= 0.3 is 12.2 Å². The van der Waals surface area contributed by atoms with Crippen LogP contribution in [0.25, 0.3) is 16.7 Å². The number of carbonyl (C=O) groups is 1. The Bertz CT molecular complexity index is 1430. The first kappa shape index (κ1) is 27.4. The number of nitrogens with zero attached hydrogens (tertiary/aromatic N) is 4. The lowest BCUT2D eigenvalue weighted by molar-refractivity contribution is -0.138. The van der Waals surface area contributed by atoms with E-state index in [0.717, 1.165) is 41.4 Å². The van der Waals surface area contributed by atoms with Crippen molar-refractivity contribution in [3.8, 4) is 11.1 Å². The van der Waals surface area contributed by atoms with E-state index in [1.54, 1.807) is 18.3 Å². The van der Waals surface area contributed by atoms with E-state index in [2.05, 4.69) is 25.5 Å². The number of urea groups is 1. The Kier molecular flexibility index (Phi) is 7.85. The lowest BCUT2D eigenvalue weighted by atomic mass is 10.0. The van der Waals surface area contributed by atoms with Crippen LogP contribution in [0, 0.1) is 0 Å². The van der Waals surface area contributed by atoms with Crippen LogP contribution in [0.15, 0.2) is 71.9 Å². The smallest absolute Gasteiger partial charge is 0.384 e. The highest BCUT2D eigenvalue weighted by molar-refractivity contribution is 6.12. The van der Waals surface area contributed by atoms with Crippen LogP contribution in [0.4, 0.5) is 29.5 Å². The van der Waals surface area contributed by atoms with Crippen molar-refractivity contribution in [2.75, 3.05) is 50.8 Å². The third kappa shape index (κ3) is 6.67. The van der Waals surface area contributed by atoms with Gasteiger partial charge in [-0.05, 0) is 59.7 Å². The normalized spacial score (nSPS) is 16.4. The SMILES string of the molecule is CN1CCN(Cc2ccc(NC(=O)NC3=NCC(c4ccc(-c5ccc(N)nc5)cc4)=C3)cc2C(F)(F)F)CC1. The molecule has 0 aliphatic carbocycles. The lowest BCUT2D eigenvalue weighted by Gasteiger charge is -2.33. The molecule has 0 atom stereocenters. The maximum atomic E-state index is 13.9. The summed E-state index contributed by atoms with van der Waals surface area (Å²) in [6.07, 6.45) is -1.08. The van der Waals surface area contributed by atoms with Gasteiger partial charge in [0.1, 0.15) is 11.7 Å². The third-order valence-electron chi connectivity index (χ3n) is 7.01. The summed E-state index contributed by atoms with van der Waals surface area (Å²) in [7, 11) is 2.00. The molecule has 1 fully saturated rings. The van der Waals surface area contributed by atoms with E-state index in [0.29, 0.717) is 31.3 Å². The van der Waals surface area contributed by atoms with Crippen molar-refractivity contribution >= 4 is 28.9 Å². The fourth-order valence-electron chi connectivity index (χ4n) is 4.71. The summed E-state index contributed by atoms with van der Waals surface area (Å²) in [5, 5.41) is 5.13. The molecular formula is C29H30F3N7O. The van der Waals surface area contributed by atoms with Crippen molar-refractivity contribution in [3.63, 3.8) is 0 Å². The number of benzene rings is 2. The molecule has 2 amide bonds. The van der Waals surface area contributed by atoms with Crippen LogP contribution in [-0.2, 0) is 12.7 Å². The van der Waals surface area contributed by atoms with Crippen molar-refractivity contribution in [1.82, 2.24) is 20.1 Å². The molecule has 4 N–H and O–H groups in total. The van der Waals surface area contributed by atoms with Crippen LogP contribution >= 0.6 is 0 Å². The Balaban J connectivity index is 1.21. The molecule has 0 saturated carbocycles. The van der Waals surface area contributed by atoms with Gasteiger partial charge in [0.05, 0.1) is 12.1 Å². The first-order chi connectivity index (χ1) is 19.1. The number of piperazine rings is 1. The van der Waals surface area contributed by atoms with E-state index in [-0.39, 0.29) is 17.8 Å². The van der Waals surface area contributed by atoms with E-state index in [1.807, 2.05) is 42.3 Å². The number of likely N-dealkylation sites (N-methyl/N-ethyl adjacent to an activating group) is 1. The van der Waals surface area contributed by atoms with E-state index in [9.17, 15) is 18.0 Å². The molecule has 5 rings (SSSR count). The summed E-state index contributed by atoms with van der Waals surface area (Å²) in [6, 6.07) is 14.7. The zero-order valence-corrected chi connectivity index (χ0v) is 22.0. The molecule has 1 aromatic heterocycles. The summed E-state index contributed by atoms with van der Waals surface area (Å²) in [6.45, 7) is 3.62. The first-order valence-electron chi connectivity index (χ1n) is 12.9. The summed E-state index contributed by atoms with van der Waals surface area (Å²) in [4.78, 5) is 25.2. The Labute approximate surface area is 230 Å². The molecule has 1 saturated heterocycles. The topological polar surface area (TPSA) is 98.9 Å². The number of amides is 2. The number of alkyl halides is 3. The molecule has 11 heteroatoms. The molecule has 3 heterocycles. The van der Waals surface area contributed by atoms with Crippen LogP contribution in [0.5, 0.6) is 0 Å². The summed E-state index contributed by atoms with van der Waals surface area (Å²) in [5.74, 6) is 0.791. The van der Waals surface area contributed by atoms with Crippen LogP contribution < -0.4 is 16.4 Å². The van der Waals surface area contributed by atoms with Crippen molar-refractivity contribution < 1.29 is 18.0 Å². The van der Waals surface area contributed by atoms with Crippen LogP contribution in [0.1, 0.15) is 16.7 Å². The molecule has 0 spiro atoms. The van der Waals surface area contributed by atoms with Crippen molar-refractivity contribution in [1.29, 1.82) is 0 Å². The van der Waals surface area contributed by atoms with Gasteiger partial charge in [0.2, 0.25) is 0 Å². The highest BCUT2D eigenvalue weighted by atomic mass is 19.4. The standard InChI is InChI=1S/C29H30F3N7O/c1-38-10-12-39(13-11-38)18-22-6-8-24(15-25(22)29(30,31)32)36-28(40)37-27-14-23(17-35-27)20-4-2-19(3-5-20)21-7-9-26(33)34-16-21/h2-9,14-16H,10-13,17-18H2,1H3,(H2,33,34)(H2,35,36,37,40). The largest absolute Gasteiger partial charge is 0.416 e. The number of aliphatic imine (C=N–C) groups is 1. The predicted molar refractivity (Wildman–Crippen MR) is 151 cm³/mol. The molecule has 0 bridgehead atoms. The predicted octanol–water partition coefficient (Wildman–Crippen LogP) is 4.71. The number of amidine groups is 1. The van der Waals surface area contributed by atoms with Gasteiger partial charge in [-0.25, -0.2) is 9.78 Å². The number of carbonyl (C=O) groups excluding carboxylic acids is 1. The maximum Gasteiger partial charge on any atom is 0.416 e. The van der Waals surface area contributed by atoms with Crippen molar-refractivity contribution in [3.05, 3.63) is 83.6 Å². The monoisotopic (exact) mass is 549 g/mol. The Morgan fingerprint density at radius 1 is 0.950 bits per heavy atom. The highest BCUT2D eigenvalue weighted by Gasteiger charge is 2.34. The van der Waals surface area contributed by atoms with Gasteiger partial charge in [-0.3, -0.25) is 15.2 Å². The molecular weight excluding hydrogens is 519 g/mol. The highest BCUT2D eigenvalue weighted by Crippen LogP contribution is 2.34. The summed E-state index contributed by atoms with van der Waals surface area (Å²) < 4.78 is 41.6. The Morgan fingerprint density at radius 3 is 2.33 bits per heavy atom. The average molecular weight is 550 g/mol. The second-order valence-electron chi connectivity index (χ2n) is 9.95. The van der Waals surface area contributed by atoms with Gasteiger partial charge < -0.3 is 16.0 Å². The number of pyridine rings is 1. The number of nitrogen functional groups attached to an aromatic ring is 1. The van der Waals surface area contributed by atoms with Crippen LogP contribution in [0.2, 0.25) is 0 Å². The van der Waals surface area contributed by atoms with Gasteiger partial charge in [0.25, 0.3) is 0 Å². The van der Waals surface area contributed by atoms with Crippen molar-refractivity contribution in [2.45, 2.75) is 12.7 Å². The zero-order chi connectivity index (χ0) is 28.3. The van der Waals surface area contributed by atoms with E-state index >= 15 is 0 Å². The molecule has 0 unspecified atom stereocenters. The number of nitrogens with two attached hydrogens (primary N) is 1. The quantitative estimate of drug-likeness (QED) is 0.428. The third-order valence-corrected chi connectivity index (χ3v) is 7.01. The van der Waals surface area contributed by atoms with Crippen LogP contribution in [-0.4, -0.2) is 66.4 Å². The molecule has 0 radical (unpaired) electrons. The minimum atomic E-state index is -4.54. The molecule has 208 valence electrons. The van der Waals surface area contributed by atoms with Gasteiger partial charge in [-0.1, -0.05) is 30.3 Å². The number of rotatable bonds is 5. The second kappa shape index (κ2) is 11.5. The fourth-order valence-corrected chi connectivity index (χ4v) is 4.71. The molecule has 3 aromatic rings. The van der Waals surface area contributed by atoms with Gasteiger partial charge in [0, 0.05) is 50.2 Å².